The van der Waals surface area contributed by atoms with E-state index < -0.39 is 0 Å². The zero-order valence-corrected chi connectivity index (χ0v) is 11.8. The van der Waals surface area contributed by atoms with Crippen molar-refractivity contribution in [1.82, 2.24) is 4.90 Å². The lowest BCUT2D eigenvalue weighted by Gasteiger charge is -2.36. The summed E-state index contributed by atoms with van der Waals surface area (Å²) in [5.41, 5.74) is 1.37. The molecule has 0 aromatic heterocycles. The summed E-state index contributed by atoms with van der Waals surface area (Å²) in [6, 6.07) is 7.52. The van der Waals surface area contributed by atoms with Gasteiger partial charge in [0.25, 0.3) is 11.7 Å². The SMILES string of the molecule is CCCN1CCC(N2C(=O)C(=O)c3ccccc32)CC1. The minimum Gasteiger partial charge on any atom is -0.303 e. The lowest BCUT2D eigenvalue weighted by Crippen LogP contribution is -2.47. The lowest BCUT2D eigenvalue weighted by molar-refractivity contribution is -0.114. The predicted octanol–water partition coefficient (Wildman–Crippen LogP) is 2.09. The number of rotatable bonds is 3. The maximum atomic E-state index is 12.2. The van der Waals surface area contributed by atoms with Crippen molar-refractivity contribution in [3.8, 4) is 0 Å². The highest BCUT2D eigenvalue weighted by atomic mass is 16.2. The van der Waals surface area contributed by atoms with E-state index >= 15 is 0 Å². The Bertz CT molecular complexity index is 533. The summed E-state index contributed by atoms with van der Waals surface area (Å²) in [5, 5.41) is 0. The maximum absolute atomic E-state index is 12.2. The van der Waals surface area contributed by atoms with Gasteiger partial charge in [-0.25, -0.2) is 0 Å². The molecule has 2 heterocycles. The normalized spacial score (nSPS) is 20.6. The molecule has 106 valence electrons. The highest BCUT2D eigenvalue weighted by Gasteiger charge is 2.40. The van der Waals surface area contributed by atoms with Crippen LogP contribution in [0.1, 0.15) is 36.5 Å². The molecule has 0 N–H and O–H groups in total. The molecule has 3 rings (SSSR count). The first kappa shape index (κ1) is 13.3. The molecule has 1 saturated heterocycles. The van der Waals surface area contributed by atoms with Crippen LogP contribution >= 0.6 is 0 Å². The molecular formula is C16H20N2O2. The second kappa shape index (κ2) is 5.37. The van der Waals surface area contributed by atoms with Crippen LogP contribution in [0.2, 0.25) is 0 Å². The van der Waals surface area contributed by atoms with Gasteiger partial charge in [-0.15, -0.1) is 0 Å². The number of Topliss-reactive ketones (excluding diaryl/α,β-unsaturated/α-hetero) is 1. The van der Waals surface area contributed by atoms with Crippen molar-refractivity contribution < 1.29 is 9.59 Å². The third-order valence-corrected chi connectivity index (χ3v) is 4.28. The number of nitrogens with zero attached hydrogens (tertiary/aromatic N) is 2. The predicted molar refractivity (Wildman–Crippen MR) is 78.0 cm³/mol. The average molecular weight is 272 g/mol. The van der Waals surface area contributed by atoms with Crippen LogP contribution in [-0.2, 0) is 4.79 Å². The van der Waals surface area contributed by atoms with Crippen molar-refractivity contribution in [3.05, 3.63) is 29.8 Å². The molecule has 0 unspecified atom stereocenters. The summed E-state index contributed by atoms with van der Waals surface area (Å²) >= 11 is 0. The van der Waals surface area contributed by atoms with Crippen molar-refractivity contribution >= 4 is 17.4 Å². The van der Waals surface area contributed by atoms with Gasteiger partial charge in [-0.2, -0.15) is 0 Å². The van der Waals surface area contributed by atoms with Crippen molar-refractivity contribution in [2.45, 2.75) is 32.2 Å². The van der Waals surface area contributed by atoms with Crippen LogP contribution in [0.3, 0.4) is 0 Å². The minimum atomic E-state index is -0.350. The Kier molecular flexibility index (Phi) is 3.57. The molecule has 0 spiro atoms. The third-order valence-electron chi connectivity index (χ3n) is 4.28. The first-order valence-corrected chi connectivity index (χ1v) is 7.41. The maximum Gasteiger partial charge on any atom is 0.299 e. The smallest absolute Gasteiger partial charge is 0.299 e. The third kappa shape index (κ3) is 2.14. The number of amides is 1. The van der Waals surface area contributed by atoms with Gasteiger partial charge in [0.05, 0.1) is 11.3 Å². The van der Waals surface area contributed by atoms with Crippen LogP contribution < -0.4 is 4.90 Å². The number of likely N-dealkylation sites (tertiary alicyclic amines) is 1. The molecule has 4 heteroatoms. The zero-order chi connectivity index (χ0) is 14.1. The molecule has 2 aliphatic rings. The molecule has 0 radical (unpaired) electrons. The Balaban J connectivity index is 1.78. The molecular weight excluding hydrogens is 252 g/mol. The summed E-state index contributed by atoms with van der Waals surface area (Å²) in [6.45, 7) is 5.33. The summed E-state index contributed by atoms with van der Waals surface area (Å²) in [7, 11) is 0. The van der Waals surface area contributed by atoms with E-state index in [1.165, 1.54) is 0 Å². The van der Waals surface area contributed by atoms with Crippen LogP contribution in [0.5, 0.6) is 0 Å². The van der Waals surface area contributed by atoms with Crippen molar-refractivity contribution in [3.63, 3.8) is 0 Å². The van der Waals surface area contributed by atoms with E-state index in [1.807, 2.05) is 18.2 Å². The monoisotopic (exact) mass is 272 g/mol. The van der Waals surface area contributed by atoms with Crippen LogP contribution in [0, 0.1) is 0 Å². The van der Waals surface area contributed by atoms with E-state index in [4.69, 9.17) is 0 Å². The molecule has 0 bridgehead atoms. The largest absolute Gasteiger partial charge is 0.303 e. The highest BCUT2D eigenvalue weighted by molar-refractivity contribution is 6.52. The summed E-state index contributed by atoms with van der Waals surface area (Å²) in [4.78, 5) is 28.4. The van der Waals surface area contributed by atoms with Crippen molar-refractivity contribution in [2.24, 2.45) is 0 Å². The molecule has 1 amide bonds. The molecule has 0 atom stereocenters. The Labute approximate surface area is 119 Å². The van der Waals surface area contributed by atoms with Gasteiger partial charge < -0.3 is 9.80 Å². The van der Waals surface area contributed by atoms with Crippen molar-refractivity contribution in [2.75, 3.05) is 24.5 Å². The Morgan fingerprint density at radius 2 is 1.85 bits per heavy atom. The van der Waals surface area contributed by atoms with Crippen LogP contribution in [-0.4, -0.2) is 42.3 Å². The average Bonchev–Trinajstić information content (AvgIpc) is 2.73. The first-order chi connectivity index (χ1) is 9.72. The summed E-state index contributed by atoms with van der Waals surface area (Å²) < 4.78 is 0. The van der Waals surface area contributed by atoms with Gasteiger partial charge in [0, 0.05) is 19.1 Å². The molecule has 2 aliphatic heterocycles. The van der Waals surface area contributed by atoms with E-state index in [9.17, 15) is 9.59 Å². The van der Waals surface area contributed by atoms with Gasteiger partial charge >= 0.3 is 0 Å². The number of carbonyl (C=O) groups excluding carboxylic acids is 2. The molecule has 0 aliphatic carbocycles. The van der Waals surface area contributed by atoms with E-state index in [2.05, 4.69) is 11.8 Å². The number of piperidine rings is 1. The molecule has 4 nitrogen and oxygen atoms in total. The minimum absolute atomic E-state index is 0.170. The molecule has 1 aromatic rings. The fraction of sp³-hybridized carbons (Fsp3) is 0.500. The first-order valence-electron chi connectivity index (χ1n) is 7.41. The van der Waals surface area contributed by atoms with Crippen LogP contribution in [0.25, 0.3) is 0 Å². The number of benzene rings is 1. The molecule has 0 saturated carbocycles. The van der Waals surface area contributed by atoms with Gasteiger partial charge in [0.15, 0.2) is 0 Å². The van der Waals surface area contributed by atoms with Gasteiger partial charge in [0.1, 0.15) is 0 Å². The fourth-order valence-electron chi connectivity index (χ4n) is 3.29. The van der Waals surface area contributed by atoms with E-state index in [0.717, 1.165) is 44.6 Å². The van der Waals surface area contributed by atoms with Crippen molar-refractivity contribution in [1.29, 1.82) is 0 Å². The quantitative estimate of drug-likeness (QED) is 0.791. The number of hydrogen-bond acceptors (Lipinski definition) is 3. The number of hydrogen-bond donors (Lipinski definition) is 0. The summed E-state index contributed by atoms with van der Waals surface area (Å²) in [6.07, 6.45) is 3.06. The second-order valence-corrected chi connectivity index (χ2v) is 5.59. The second-order valence-electron chi connectivity index (χ2n) is 5.59. The van der Waals surface area contributed by atoms with E-state index in [1.54, 1.807) is 11.0 Å². The number of ketones is 1. The van der Waals surface area contributed by atoms with Gasteiger partial charge in [-0.05, 0) is 37.9 Å². The number of carbonyl (C=O) groups is 2. The van der Waals surface area contributed by atoms with Crippen LogP contribution in [0.15, 0.2) is 24.3 Å². The Hall–Kier alpha value is -1.68. The standard InChI is InChI=1S/C16H20N2O2/c1-2-9-17-10-7-12(8-11-17)18-14-6-4-3-5-13(14)15(19)16(18)20/h3-6,12H,2,7-11H2,1H3. The van der Waals surface area contributed by atoms with Gasteiger partial charge in [0.2, 0.25) is 0 Å². The Morgan fingerprint density at radius 3 is 2.55 bits per heavy atom. The highest BCUT2D eigenvalue weighted by Crippen LogP contribution is 2.33. The number of anilines is 1. The van der Waals surface area contributed by atoms with Gasteiger partial charge in [-0.1, -0.05) is 19.1 Å². The topological polar surface area (TPSA) is 40.6 Å². The number of fused-ring (bicyclic) bond motifs is 1. The fourth-order valence-corrected chi connectivity index (χ4v) is 3.29. The Morgan fingerprint density at radius 1 is 1.15 bits per heavy atom. The number of para-hydroxylation sites is 1. The van der Waals surface area contributed by atoms with E-state index in [-0.39, 0.29) is 17.7 Å². The van der Waals surface area contributed by atoms with E-state index in [0.29, 0.717) is 5.56 Å². The molecule has 1 fully saturated rings. The lowest BCUT2D eigenvalue weighted by atomic mass is 10.0. The molecule has 1 aromatic carbocycles. The van der Waals surface area contributed by atoms with Crippen LogP contribution in [0.4, 0.5) is 5.69 Å². The summed E-state index contributed by atoms with van der Waals surface area (Å²) in [5.74, 6) is -0.697. The molecule has 20 heavy (non-hydrogen) atoms. The van der Waals surface area contributed by atoms with Gasteiger partial charge in [-0.3, -0.25) is 9.59 Å². The zero-order valence-electron chi connectivity index (χ0n) is 11.8.